The highest BCUT2D eigenvalue weighted by Gasteiger charge is 2.32. The Morgan fingerprint density at radius 3 is 2.71 bits per heavy atom. The molecule has 0 aromatic carbocycles. The van der Waals surface area contributed by atoms with E-state index in [0.717, 1.165) is 16.7 Å². The van der Waals surface area contributed by atoms with Crippen LogP contribution in [0.4, 0.5) is 19.1 Å². The SMILES string of the molecule is CC(Nc1nnc2c(Cl)cc(C(F)(F)F)cn12)C(=O)/N=C/N(C)C. The third-order valence-corrected chi connectivity index (χ3v) is 3.20. The van der Waals surface area contributed by atoms with Crippen LogP contribution in [0.1, 0.15) is 12.5 Å². The molecule has 1 atom stereocenters. The summed E-state index contributed by atoms with van der Waals surface area (Å²) >= 11 is 5.82. The highest BCUT2D eigenvalue weighted by Crippen LogP contribution is 2.32. The van der Waals surface area contributed by atoms with Crippen LogP contribution in [-0.4, -0.2) is 51.9 Å². The summed E-state index contributed by atoms with van der Waals surface area (Å²) < 4.78 is 39.7. The Kier molecular flexibility index (Phi) is 4.97. The molecule has 0 saturated heterocycles. The fourth-order valence-electron chi connectivity index (χ4n) is 1.75. The molecule has 2 rings (SSSR count). The molecule has 0 spiro atoms. The maximum atomic E-state index is 12.9. The van der Waals surface area contributed by atoms with Gasteiger partial charge in [0.1, 0.15) is 6.04 Å². The molecule has 7 nitrogen and oxygen atoms in total. The summed E-state index contributed by atoms with van der Waals surface area (Å²) in [4.78, 5) is 17.1. The number of halogens is 4. The van der Waals surface area contributed by atoms with Gasteiger partial charge >= 0.3 is 6.18 Å². The summed E-state index contributed by atoms with van der Waals surface area (Å²) in [5.41, 5.74) is -0.906. The number of fused-ring (bicyclic) bond motifs is 1. The molecule has 0 aliphatic rings. The van der Waals surface area contributed by atoms with Crippen molar-refractivity contribution in [3.8, 4) is 0 Å². The summed E-state index contributed by atoms with van der Waals surface area (Å²) in [5.74, 6) is -0.558. The smallest absolute Gasteiger partial charge is 0.369 e. The Morgan fingerprint density at radius 1 is 1.46 bits per heavy atom. The number of hydrogen-bond acceptors (Lipinski definition) is 4. The molecule has 2 heterocycles. The fourth-order valence-corrected chi connectivity index (χ4v) is 1.99. The molecule has 0 bridgehead atoms. The lowest BCUT2D eigenvalue weighted by Gasteiger charge is -2.12. The van der Waals surface area contributed by atoms with Crippen LogP contribution in [0.5, 0.6) is 0 Å². The van der Waals surface area contributed by atoms with Gasteiger partial charge in [-0.05, 0) is 13.0 Å². The molecule has 1 unspecified atom stereocenters. The highest BCUT2D eigenvalue weighted by molar-refractivity contribution is 6.33. The fraction of sp³-hybridized carbons (Fsp3) is 0.385. The number of carbonyl (C=O) groups is 1. The number of aromatic nitrogens is 3. The highest BCUT2D eigenvalue weighted by atomic mass is 35.5. The lowest BCUT2D eigenvalue weighted by atomic mass is 10.3. The van der Waals surface area contributed by atoms with Crippen molar-refractivity contribution in [3.05, 3.63) is 22.8 Å². The third kappa shape index (κ3) is 3.94. The van der Waals surface area contributed by atoms with Gasteiger partial charge in [0.15, 0.2) is 5.65 Å². The average Bonchev–Trinajstić information content (AvgIpc) is 2.87. The number of carbonyl (C=O) groups excluding carboxylic acids is 1. The summed E-state index contributed by atoms with van der Waals surface area (Å²) in [6.45, 7) is 1.51. The molecule has 11 heteroatoms. The van der Waals surface area contributed by atoms with Gasteiger partial charge in [-0.1, -0.05) is 11.6 Å². The number of pyridine rings is 1. The van der Waals surface area contributed by atoms with Gasteiger partial charge < -0.3 is 10.2 Å². The Balaban J connectivity index is 2.33. The molecular weight excluding hydrogens is 349 g/mol. The van der Waals surface area contributed by atoms with Crippen LogP contribution in [0.3, 0.4) is 0 Å². The van der Waals surface area contributed by atoms with E-state index in [9.17, 15) is 18.0 Å². The van der Waals surface area contributed by atoms with Crippen molar-refractivity contribution in [3.63, 3.8) is 0 Å². The van der Waals surface area contributed by atoms with Gasteiger partial charge in [-0.25, -0.2) is 4.99 Å². The van der Waals surface area contributed by atoms with E-state index in [-0.39, 0.29) is 16.6 Å². The van der Waals surface area contributed by atoms with E-state index < -0.39 is 23.7 Å². The standard InChI is InChI=1S/C13H14ClF3N6O/c1-7(11(24)18-6-22(2)3)19-12-21-20-10-9(14)4-8(5-23(10)12)13(15,16)17/h4-7H,1-3H3,(H,19,21)/b18-6+. The van der Waals surface area contributed by atoms with Crippen molar-refractivity contribution in [2.24, 2.45) is 4.99 Å². The van der Waals surface area contributed by atoms with Crippen molar-refractivity contribution in [2.75, 3.05) is 19.4 Å². The van der Waals surface area contributed by atoms with Crippen molar-refractivity contribution < 1.29 is 18.0 Å². The van der Waals surface area contributed by atoms with Crippen molar-refractivity contribution in [1.82, 2.24) is 19.5 Å². The number of anilines is 1. The van der Waals surface area contributed by atoms with E-state index in [4.69, 9.17) is 11.6 Å². The predicted octanol–water partition coefficient (Wildman–Crippen LogP) is 2.32. The van der Waals surface area contributed by atoms with E-state index in [2.05, 4.69) is 20.5 Å². The molecule has 1 amide bonds. The quantitative estimate of drug-likeness (QED) is 0.667. The van der Waals surface area contributed by atoms with Crippen LogP contribution in [-0.2, 0) is 11.0 Å². The number of nitrogens with zero attached hydrogens (tertiary/aromatic N) is 5. The normalized spacial score (nSPS) is 13.5. The minimum absolute atomic E-state index is 0.0427. The first-order chi connectivity index (χ1) is 11.1. The molecule has 0 aliphatic heterocycles. The summed E-state index contributed by atoms with van der Waals surface area (Å²) in [5, 5.41) is 9.93. The van der Waals surface area contributed by atoms with Crippen molar-refractivity contribution >= 4 is 35.4 Å². The van der Waals surface area contributed by atoms with Gasteiger partial charge in [0.05, 0.1) is 16.9 Å². The molecule has 0 fully saturated rings. The summed E-state index contributed by atoms with van der Waals surface area (Å²) in [6, 6.07) is -0.0485. The summed E-state index contributed by atoms with van der Waals surface area (Å²) in [6.07, 6.45) is -2.44. The van der Waals surface area contributed by atoms with E-state index in [0.29, 0.717) is 0 Å². The number of aliphatic imine (C=N–C) groups is 1. The lowest BCUT2D eigenvalue weighted by Crippen LogP contribution is -2.26. The molecule has 0 saturated carbocycles. The van der Waals surface area contributed by atoms with Crippen molar-refractivity contribution in [2.45, 2.75) is 19.1 Å². The predicted molar refractivity (Wildman–Crippen MR) is 83.3 cm³/mol. The van der Waals surface area contributed by atoms with Crippen LogP contribution < -0.4 is 5.32 Å². The van der Waals surface area contributed by atoms with Gasteiger partial charge in [-0.3, -0.25) is 9.20 Å². The first-order valence-corrected chi connectivity index (χ1v) is 7.10. The summed E-state index contributed by atoms with van der Waals surface area (Å²) in [7, 11) is 3.39. The molecule has 24 heavy (non-hydrogen) atoms. The zero-order chi connectivity index (χ0) is 18.1. The second kappa shape index (κ2) is 6.63. The van der Waals surface area contributed by atoms with E-state index in [1.807, 2.05) is 0 Å². The van der Waals surface area contributed by atoms with E-state index >= 15 is 0 Å². The van der Waals surface area contributed by atoms with Gasteiger partial charge in [-0.2, -0.15) is 13.2 Å². The molecule has 2 aromatic rings. The molecule has 1 N–H and O–H groups in total. The molecule has 0 radical (unpaired) electrons. The monoisotopic (exact) mass is 362 g/mol. The topological polar surface area (TPSA) is 74.9 Å². The second-order valence-electron chi connectivity index (χ2n) is 5.20. The first kappa shape index (κ1) is 18.0. The zero-order valence-corrected chi connectivity index (χ0v) is 13.7. The molecule has 0 aliphatic carbocycles. The van der Waals surface area contributed by atoms with Gasteiger partial charge in [0.2, 0.25) is 5.95 Å². The number of amides is 1. The Labute approximate surface area is 140 Å². The Bertz CT molecular complexity index is 786. The number of nitrogens with one attached hydrogen (secondary N) is 1. The van der Waals surface area contributed by atoms with Gasteiger partial charge in [0, 0.05) is 20.3 Å². The first-order valence-electron chi connectivity index (χ1n) is 6.72. The molecule has 130 valence electrons. The van der Waals surface area contributed by atoms with Crippen LogP contribution >= 0.6 is 11.6 Å². The minimum atomic E-state index is -4.57. The number of rotatable bonds is 4. The number of hydrogen-bond donors (Lipinski definition) is 1. The lowest BCUT2D eigenvalue weighted by molar-refractivity contribution is -0.137. The van der Waals surface area contributed by atoms with E-state index in [1.54, 1.807) is 19.0 Å². The van der Waals surface area contributed by atoms with Crippen LogP contribution in [0.2, 0.25) is 5.02 Å². The Hall–Kier alpha value is -2.36. The Morgan fingerprint density at radius 2 is 2.12 bits per heavy atom. The minimum Gasteiger partial charge on any atom is -0.369 e. The maximum Gasteiger partial charge on any atom is 0.417 e. The third-order valence-electron chi connectivity index (χ3n) is 2.92. The van der Waals surface area contributed by atoms with Gasteiger partial charge in [0.25, 0.3) is 5.91 Å². The number of alkyl halides is 3. The zero-order valence-electron chi connectivity index (χ0n) is 13.0. The van der Waals surface area contributed by atoms with Crippen LogP contribution in [0.25, 0.3) is 5.65 Å². The van der Waals surface area contributed by atoms with Crippen LogP contribution in [0, 0.1) is 0 Å². The van der Waals surface area contributed by atoms with E-state index in [1.165, 1.54) is 13.3 Å². The second-order valence-corrected chi connectivity index (χ2v) is 5.61. The van der Waals surface area contributed by atoms with Crippen molar-refractivity contribution in [1.29, 1.82) is 0 Å². The maximum absolute atomic E-state index is 12.9. The van der Waals surface area contributed by atoms with Crippen LogP contribution in [0.15, 0.2) is 17.3 Å². The average molecular weight is 363 g/mol. The van der Waals surface area contributed by atoms with Gasteiger partial charge in [-0.15, -0.1) is 10.2 Å². The molecular formula is C13H14ClF3N6O. The largest absolute Gasteiger partial charge is 0.417 e. The molecule has 2 aromatic heterocycles.